The molecule has 10 heteroatoms. The lowest BCUT2D eigenvalue weighted by Crippen LogP contribution is -2.49. The Kier molecular flexibility index (Phi) is 12.8. The number of carbonyl (C=O) groups is 2. The Hall–Kier alpha value is -3.96. The van der Waals surface area contributed by atoms with E-state index in [1.54, 1.807) is 37.4 Å². The largest absolute Gasteiger partial charge is 0.449 e. The minimum Gasteiger partial charge on any atom is -0.449 e. The lowest BCUT2D eigenvalue weighted by atomic mass is 9.94. The number of aryl methyl sites for hydroxylation is 4. The number of esters is 2. The van der Waals surface area contributed by atoms with Gasteiger partial charge in [-0.15, -0.1) is 0 Å². The molecule has 2 heterocycles. The van der Waals surface area contributed by atoms with Crippen LogP contribution in [0.25, 0.3) is 0 Å². The highest BCUT2D eigenvalue weighted by molar-refractivity contribution is 7.99. The number of piperazine rings is 2. The van der Waals surface area contributed by atoms with Gasteiger partial charge in [-0.25, -0.2) is 0 Å². The van der Waals surface area contributed by atoms with Crippen molar-refractivity contribution < 1.29 is 19.1 Å². The molecule has 4 aromatic rings. The standard InChI is InChI=1S/C43H52N4O4S2/c1-31-15-17-37(33(3)27-31)52-39-13-9-7-11-35(39)46-23-19-44(20-24-46)29-50-41(48)43(5,6)42(49)51-30-45-21-25-47(26-22-45)36-12-8-10-14-40(36)53-38-18-16-32(2)28-34(38)4/h7-18,27-28H,19-26,29-30H2,1-6H3. The van der Waals surface area contributed by atoms with Gasteiger partial charge in [0.2, 0.25) is 0 Å². The first kappa shape index (κ1) is 38.8. The third-order valence-corrected chi connectivity index (χ3v) is 12.5. The van der Waals surface area contributed by atoms with Gasteiger partial charge in [0.25, 0.3) is 0 Å². The molecule has 0 saturated carbocycles. The average Bonchev–Trinajstić information content (AvgIpc) is 3.16. The van der Waals surface area contributed by atoms with Gasteiger partial charge in [0, 0.05) is 71.9 Å². The van der Waals surface area contributed by atoms with Gasteiger partial charge in [0.1, 0.15) is 13.5 Å². The van der Waals surface area contributed by atoms with Gasteiger partial charge in [-0.05, 0) is 89.1 Å². The second kappa shape index (κ2) is 17.5. The summed E-state index contributed by atoms with van der Waals surface area (Å²) in [5.74, 6) is -1.13. The van der Waals surface area contributed by atoms with Gasteiger partial charge in [-0.1, -0.05) is 83.2 Å². The number of carbonyl (C=O) groups excluding carboxylic acids is 2. The molecule has 0 aromatic heterocycles. The van der Waals surface area contributed by atoms with Gasteiger partial charge >= 0.3 is 11.9 Å². The normalized spacial score (nSPS) is 15.7. The molecule has 0 amide bonds. The molecule has 0 spiro atoms. The number of para-hydroxylation sites is 2. The van der Waals surface area contributed by atoms with Crippen molar-refractivity contribution in [3.8, 4) is 0 Å². The van der Waals surface area contributed by atoms with E-state index >= 15 is 0 Å². The van der Waals surface area contributed by atoms with E-state index in [1.165, 1.54) is 53.2 Å². The lowest BCUT2D eigenvalue weighted by molar-refractivity contribution is -0.175. The lowest BCUT2D eigenvalue weighted by Gasteiger charge is -2.37. The molecule has 280 valence electrons. The highest BCUT2D eigenvalue weighted by Gasteiger charge is 2.40. The van der Waals surface area contributed by atoms with E-state index in [4.69, 9.17) is 9.47 Å². The first-order valence-corrected chi connectivity index (χ1v) is 20.1. The summed E-state index contributed by atoms with van der Waals surface area (Å²) in [5, 5.41) is 0. The first-order valence-electron chi connectivity index (χ1n) is 18.5. The van der Waals surface area contributed by atoms with Crippen molar-refractivity contribution in [1.29, 1.82) is 0 Å². The maximum absolute atomic E-state index is 13.2. The van der Waals surface area contributed by atoms with Gasteiger partial charge in [-0.2, -0.15) is 0 Å². The van der Waals surface area contributed by atoms with Crippen LogP contribution in [-0.2, 0) is 19.1 Å². The van der Waals surface area contributed by atoms with E-state index in [1.807, 2.05) is 0 Å². The smallest absolute Gasteiger partial charge is 0.324 e. The maximum Gasteiger partial charge on any atom is 0.324 e. The zero-order valence-electron chi connectivity index (χ0n) is 31.9. The van der Waals surface area contributed by atoms with Crippen molar-refractivity contribution in [2.24, 2.45) is 5.41 Å². The van der Waals surface area contributed by atoms with E-state index in [2.05, 4.69) is 132 Å². The molecular weight excluding hydrogens is 701 g/mol. The second-order valence-corrected chi connectivity index (χ2v) is 16.8. The molecule has 2 aliphatic rings. The number of nitrogens with zero attached hydrogens (tertiary/aromatic N) is 4. The van der Waals surface area contributed by atoms with Gasteiger partial charge in [0.05, 0.1) is 11.4 Å². The molecule has 4 aromatic carbocycles. The molecule has 8 nitrogen and oxygen atoms in total. The first-order chi connectivity index (χ1) is 25.5. The minimum absolute atomic E-state index is 0.146. The molecule has 0 N–H and O–H groups in total. The molecule has 0 aliphatic carbocycles. The maximum atomic E-state index is 13.2. The Morgan fingerprint density at radius 1 is 0.547 bits per heavy atom. The number of rotatable bonds is 12. The zero-order chi connectivity index (χ0) is 37.5. The van der Waals surface area contributed by atoms with Crippen LogP contribution in [0.1, 0.15) is 36.1 Å². The fourth-order valence-electron chi connectivity index (χ4n) is 6.65. The number of hydrogen-bond acceptors (Lipinski definition) is 10. The Bertz CT molecular complexity index is 1770. The van der Waals surface area contributed by atoms with Gasteiger partial charge < -0.3 is 19.3 Å². The van der Waals surface area contributed by atoms with Crippen molar-refractivity contribution >= 4 is 46.8 Å². The summed E-state index contributed by atoms with van der Waals surface area (Å²) in [7, 11) is 0. The van der Waals surface area contributed by atoms with Crippen molar-refractivity contribution in [3.05, 3.63) is 107 Å². The van der Waals surface area contributed by atoms with E-state index in [-0.39, 0.29) is 13.5 Å². The highest BCUT2D eigenvalue weighted by atomic mass is 32.2. The third-order valence-electron chi connectivity index (χ3n) is 10.0. The summed E-state index contributed by atoms with van der Waals surface area (Å²) in [5.41, 5.74) is 6.13. The van der Waals surface area contributed by atoms with Crippen LogP contribution < -0.4 is 9.80 Å². The van der Waals surface area contributed by atoms with Crippen molar-refractivity contribution in [2.75, 3.05) is 75.6 Å². The summed E-state index contributed by atoms with van der Waals surface area (Å²) in [4.78, 5) is 40.4. The van der Waals surface area contributed by atoms with Crippen LogP contribution in [-0.4, -0.2) is 87.6 Å². The molecule has 0 unspecified atom stereocenters. The van der Waals surface area contributed by atoms with E-state index in [9.17, 15) is 9.59 Å². The van der Waals surface area contributed by atoms with Gasteiger partial charge in [-0.3, -0.25) is 19.4 Å². The number of benzene rings is 4. The van der Waals surface area contributed by atoms with Crippen molar-refractivity contribution in [2.45, 2.75) is 61.1 Å². The zero-order valence-corrected chi connectivity index (χ0v) is 33.5. The van der Waals surface area contributed by atoms with Crippen LogP contribution in [0.4, 0.5) is 11.4 Å². The summed E-state index contributed by atoms with van der Waals surface area (Å²) < 4.78 is 11.4. The molecule has 2 aliphatic heterocycles. The Labute approximate surface area is 323 Å². The summed E-state index contributed by atoms with van der Waals surface area (Å²) >= 11 is 3.60. The Balaban J connectivity index is 0.935. The van der Waals surface area contributed by atoms with Crippen LogP contribution >= 0.6 is 23.5 Å². The van der Waals surface area contributed by atoms with E-state index < -0.39 is 17.4 Å². The Morgan fingerprint density at radius 2 is 0.925 bits per heavy atom. The fourth-order valence-corrected chi connectivity index (χ4v) is 8.74. The number of hydrogen-bond donors (Lipinski definition) is 0. The molecule has 6 rings (SSSR count). The second-order valence-electron chi connectivity index (χ2n) is 14.6. The van der Waals surface area contributed by atoms with Crippen LogP contribution in [0, 0.1) is 33.1 Å². The molecule has 0 bridgehead atoms. The van der Waals surface area contributed by atoms with Crippen molar-refractivity contribution in [1.82, 2.24) is 9.80 Å². The molecule has 2 fully saturated rings. The van der Waals surface area contributed by atoms with Crippen LogP contribution in [0.3, 0.4) is 0 Å². The summed E-state index contributed by atoms with van der Waals surface area (Å²) in [6, 6.07) is 30.3. The quantitative estimate of drug-likeness (QED) is 0.105. The fraction of sp³-hybridized carbons (Fsp3) is 0.395. The van der Waals surface area contributed by atoms with Gasteiger partial charge in [0.15, 0.2) is 5.41 Å². The van der Waals surface area contributed by atoms with Crippen LogP contribution in [0.5, 0.6) is 0 Å². The number of ether oxygens (including phenoxy) is 2. The summed E-state index contributed by atoms with van der Waals surface area (Å²) in [6.45, 7) is 18.3. The Morgan fingerprint density at radius 3 is 1.30 bits per heavy atom. The average molecular weight is 753 g/mol. The summed E-state index contributed by atoms with van der Waals surface area (Å²) in [6.07, 6.45) is 0. The van der Waals surface area contributed by atoms with Crippen molar-refractivity contribution in [3.63, 3.8) is 0 Å². The molecule has 2 saturated heterocycles. The molecular formula is C43H52N4O4S2. The molecule has 0 radical (unpaired) electrons. The number of anilines is 2. The van der Waals surface area contributed by atoms with Crippen LogP contribution in [0.2, 0.25) is 0 Å². The predicted octanol–water partition coefficient (Wildman–Crippen LogP) is 8.19. The van der Waals surface area contributed by atoms with E-state index in [0.29, 0.717) is 0 Å². The monoisotopic (exact) mass is 752 g/mol. The van der Waals surface area contributed by atoms with E-state index in [0.717, 1.165) is 52.4 Å². The topological polar surface area (TPSA) is 65.6 Å². The SMILES string of the molecule is Cc1ccc(Sc2ccccc2N2CCN(COC(=O)C(C)(C)C(=O)OCN3CCN(c4ccccc4Sc4ccc(C)cc4C)CC3)CC2)c(C)c1. The third kappa shape index (κ3) is 9.78. The molecule has 53 heavy (non-hydrogen) atoms. The predicted molar refractivity (Wildman–Crippen MR) is 216 cm³/mol. The minimum atomic E-state index is -1.40. The van der Waals surface area contributed by atoms with Crippen LogP contribution in [0.15, 0.2) is 105 Å². The molecule has 0 atom stereocenters. The highest BCUT2D eigenvalue weighted by Crippen LogP contribution is 2.39.